The van der Waals surface area contributed by atoms with E-state index in [-0.39, 0.29) is 17.4 Å². The number of anilines is 2. The number of methoxy groups -OCH3 is 1. The molecule has 2 N–H and O–H groups in total. The highest BCUT2D eigenvalue weighted by Gasteiger charge is 2.40. The van der Waals surface area contributed by atoms with Crippen LogP contribution in [0.3, 0.4) is 0 Å². The molecule has 1 fully saturated rings. The fourth-order valence-electron chi connectivity index (χ4n) is 3.50. The lowest BCUT2D eigenvalue weighted by atomic mass is 10.2. The highest BCUT2D eigenvalue weighted by Crippen LogP contribution is 2.51. The summed E-state index contributed by atoms with van der Waals surface area (Å²) < 4.78 is 5.36. The molecule has 33 heavy (non-hydrogen) atoms. The molecule has 0 atom stereocenters. The van der Waals surface area contributed by atoms with E-state index in [4.69, 9.17) is 4.74 Å². The van der Waals surface area contributed by atoms with Crippen LogP contribution in [-0.2, 0) is 4.79 Å². The van der Waals surface area contributed by atoms with Crippen LogP contribution >= 0.6 is 23.5 Å². The summed E-state index contributed by atoms with van der Waals surface area (Å²) in [4.78, 5) is 23.5. The van der Waals surface area contributed by atoms with E-state index in [1.807, 2.05) is 30.1 Å². The van der Waals surface area contributed by atoms with Crippen LogP contribution in [0.25, 0.3) is 0 Å². The summed E-state index contributed by atoms with van der Waals surface area (Å²) in [7, 11) is 3.55. The maximum absolute atomic E-state index is 13.7. The summed E-state index contributed by atoms with van der Waals surface area (Å²) in [6, 6.07) is 18.7. The van der Waals surface area contributed by atoms with Crippen molar-refractivity contribution in [3.63, 3.8) is 0 Å². The summed E-state index contributed by atoms with van der Waals surface area (Å²) >= 11 is 2.82. The first kappa shape index (κ1) is 21.3. The molecule has 0 aliphatic carbocycles. The third kappa shape index (κ3) is 3.90. The lowest BCUT2D eigenvalue weighted by molar-refractivity contribution is -0.113. The number of benzene rings is 3. The van der Waals surface area contributed by atoms with Crippen molar-refractivity contribution in [1.82, 2.24) is 0 Å². The Morgan fingerprint density at radius 2 is 1.58 bits per heavy atom. The number of phenols is 2. The van der Waals surface area contributed by atoms with Gasteiger partial charge in [0.25, 0.3) is 5.91 Å². The molecular formula is C24H19N3O4S2. The lowest BCUT2D eigenvalue weighted by Gasteiger charge is -2.17. The number of hydrogen-bond donors (Lipinski definition) is 2. The molecular weight excluding hydrogens is 458 g/mol. The normalized spacial score (nSPS) is 18.8. The van der Waals surface area contributed by atoms with Gasteiger partial charge in [-0.1, -0.05) is 11.8 Å². The molecule has 0 spiro atoms. The maximum atomic E-state index is 13.7. The van der Waals surface area contributed by atoms with Crippen LogP contribution in [0.4, 0.5) is 17.1 Å². The number of fused-ring (bicyclic) bond motifs is 1. The Kier molecular flexibility index (Phi) is 5.43. The second-order valence-electron chi connectivity index (χ2n) is 7.30. The Morgan fingerprint density at radius 1 is 0.909 bits per heavy atom. The number of phenolic OH excluding ortho intramolecular Hbond substituents is 2. The van der Waals surface area contributed by atoms with Crippen LogP contribution in [-0.4, -0.2) is 35.4 Å². The van der Waals surface area contributed by atoms with Gasteiger partial charge in [0, 0.05) is 18.0 Å². The van der Waals surface area contributed by atoms with Crippen LogP contribution in [0.1, 0.15) is 0 Å². The Hall–Kier alpha value is -3.56. The third-order valence-electron chi connectivity index (χ3n) is 5.20. The topological polar surface area (TPSA) is 85.6 Å². The van der Waals surface area contributed by atoms with Crippen LogP contribution in [0.15, 0.2) is 86.6 Å². The van der Waals surface area contributed by atoms with Gasteiger partial charge in [0.2, 0.25) is 0 Å². The number of aliphatic imine (C=N–C) groups is 1. The molecule has 2 aliphatic rings. The zero-order chi connectivity index (χ0) is 23.1. The van der Waals surface area contributed by atoms with E-state index in [1.165, 1.54) is 40.6 Å². The zero-order valence-corrected chi connectivity index (χ0v) is 19.4. The van der Waals surface area contributed by atoms with Crippen LogP contribution in [0.2, 0.25) is 0 Å². The van der Waals surface area contributed by atoms with Crippen molar-refractivity contribution < 1.29 is 19.7 Å². The molecule has 3 aromatic carbocycles. The van der Waals surface area contributed by atoms with Gasteiger partial charge in [-0.3, -0.25) is 9.69 Å². The first-order chi connectivity index (χ1) is 15.9. The summed E-state index contributed by atoms with van der Waals surface area (Å²) in [5.41, 5.74) is 2.18. The molecule has 0 saturated carbocycles. The van der Waals surface area contributed by atoms with Crippen LogP contribution in [0.5, 0.6) is 17.2 Å². The number of nitrogens with zero attached hydrogens (tertiary/aromatic N) is 3. The predicted molar refractivity (Wildman–Crippen MR) is 133 cm³/mol. The number of thioether (sulfide) groups is 2. The minimum absolute atomic E-state index is 0.115. The van der Waals surface area contributed by atoms with E-state index in [0.29, 0.717) is 21.4 Å². The third-order valence-corrected chi connectivity index (χ3v) is 7.59. The zero-order valence-electron chi connectivity index (χ0n) is 17.7. The first-order valence-electron chi connectivity index (χ1n) is 9.97. The molecule has 166 valence electrons. The van der Waals surface area contributed by atoms with E-state index in [9.17, 15) is 15.0 Å². The smallest absolute Gasteiger partial charge is 0.274 e. The van der Waals surface area contributed by atoms with Crippen molar-refractivity contribution in [2.75, 3.05) is 24.0 Å². The number of hydrogen-bond acceptors (Lipinski definition) is 8. The van der Waals surface area contributed by atoms with E-state index in [2.05, 4.69) is 4.99 Å². The number of amides is 1. The molecule has 1 amide bonds. The van der Waals surface area contributed by atoms with Crippen molar-refractivity contribution >= 4 is 51.7 Å². The molecule has 9 heteroatoms. The van der Waals surface area contributed by atoms with E-state index >= 15 is 0 Å². The number of carbonyl (C=O) groups excluding carboxylic acids is 1. The number of carbonyl (C=O) groups is 1. The largest absolute Gasteiger partial charge is 0.508 e. The maximum Gasteiger partial charge on any atom is 0.274 e. The Labute approximate surface area is 199 Å². The van der Waals surface area contributed by atoms with Gasteiger partial charge in [-0.25, -0.2) is 4.99 Å². The number of aromatic hydroxyl groups is 2. The molecule has 0 unspecified atom stereocenters. The van der Waals surface area contributed by atoms with Gasteiger partial charge >= 0.3 is 0 Å². The summed E-state index contributed by atoms with van der Waals surface area (Å²) in [6.07, 6.45) is 0. The van der Waals surface area contributed by atoms with E-state index in [1.54, 1.807) is 43.5 Å². The fraction of sp³-hybridized carbons (Fsp3) is 0.0833. The number of ether oxygens (including phenoxy) is 1. The molecule has 2 heterocycles. The molecule has 5 rings (SSSR count). The van der Waals surface area contributed by atoms with Gasteiger partial charge in [-0.15, -0.1) is 0 Å². The summed E-state index contributed by atoms with van der Waals surface area (Å²) in [6.45, 7) is 0. The Bertz CT molecular complexity index is 1300. The van der Waals surface area contributed by atoms with Crippen molar-refractivity contribution in [2.45, 2.75) is 4.90 Å². The van der Waals surface area contributed by atoms with Crippen LogP contribution < -0.4 is 14.5 Å². The molecule has 3 aromatic rings. The minimum atomic E-state index is -0.197. The van der Waals surface area contributed by atoms with Gasteiger partial charge in [-0.2, -0.15) is 0 Å². The lowest BCUT2D eigenvalue weighted by Crippen LogP contribution is -2.29. The van der Waals surface area contributed by atoms with Gasteiger partial charge in [-0.05, 0) is 72.4 Å². The predicted octanol–water partition coefficient (Wildman–Crippen LogP) is 5.29. The molecule has 0 radical (unpaired) electrons. The minimum Gasteiger partial charge on any atom is -0.508 e. The monoisotopic (exact) mass is 477 g/mol. The summed E-state index contributed by atoms with van der Waals surface area (Å²) in [5, 5.41) is 20.6. The van der Waals surface area contributed by atoms with Gasteiger partial charge in [0.05, 0.1) is 29.2 Å². The summed E-state index contributed by atoms with van der Waals surface area (Å²) in [5.74, 6) is 0.809. The Morgan fingerprint density at radius 3 is 2.24 bits per heavy atom. The highest BCUT2D eigenvalue weighted by molar-refractivity contribution is 8.20. The van der Waals surface area contributed by atoms with Gasteiger partial charge in [0.1, 0.15) is 22.2 Å². The van der Waals surface area contributed by atoms with Crippen molar-refractivity contribution in [3.05, 3.63) is 76.7 Å². The first-order valence-corrected chi connectivity index (χ1v) is 11.6. The average molecular weight is 478 g/mol. The Balaban J connectivity index is 1.59. The standard InChI is InChI=1S/C24H19N3O4S2/c1-26-19-13-18(31-2)11-12-20(19)32-23(26)21-22(30)27(15-5-9-17(29)10-6-15)24(33-21)25-14-3-7-16(28)8-4-14/h3-13,28-29H,1-2H3/b23-21-,25-24?. The van der Waals surface area contributed by atoms with E-state index < -0.39 is 0 Å². The van der Waals surface area contributed by atoms with E-state index in [0.717, 1.165) is 21.4 Å². The molecule has 0 bridgehead atoms. The molecule has 1 saturated heterocycles. The van der Waals surface area contributed by atoms with Gasteiger partial charge in [0.15, 0.2) is 5.17 Å². The van der Waals surface area contributed by atoms with Gasteiger partial charge < -0.3 is 19.8 Å². The second-order valence-corrected chi connectivity index (χ2v) is 9.31. The molecule has 2 aliphatic heterocycles. The highest BCUT2D eigenvalue weighted by atomic mass is 32.2. The molecule has 7 nitrogen and oxygen atoms in total. The average Bonchev–Trinajstić information content (AvgIpc) is 3.31. The fourth-order valence-corrected chi connectivity index (χ4v) is 5.82. The van der Waals surface area contributed by atoms with Crippen molar-refractivity contribution in [3.8, 4) is 17.2 Å². The van der Waals surface area contributed by atoms with Crippen molar-refractivity contribution in [1.29, 1.82) is 0 Å². The quantitative estimate of drug-likeness (QED) is 0.496. The van der Waals surface area contributed by atoms with Crippen LogP contribution in [0, 0.1) is 0 Å². The number of amidine groups is 1. The molecule has 0 aromatic heterocycles. The van der Waals surface area contributed by atoms with Crippen molar-refractivity contribution in [2.24, 2.45) is 4.99 Å². The second kappa shape index (κ2) is 8.42. The number of rotatable bonds is 3. The SMILES string of the molecule is COc1ccc2c(c1)N(C)/C(=C1/SC(=Nc3ccc(O)cc3)N(c3ccc(O)cc3)C1=O)S2.